The molecule has 1 amide bonds. The molecule has 1 unspecified atom stereocenters. The van der Waals surface area contributed by atoms with E-state index < -0.39 is 5.38 Å². The molecule has 1 aromatic carbocycles. The van der Waals surface area contributed by atoms with Crippen molar-refractivity contribution in [3.05, 3.63) is 29.8 Å². The average molecular weight is 298 g/mol. The molecule has 0 spiro atoms. The lowest BCUT2D eigenvalue weighted by atomic mass is 10.1. The zero-order valence-electron chi connectivity index (χ0n) is 11.8. The molecule has 0 saturated carbocycles. The fraction of sp³-hybridized carbons (Fsp3) is 0.533. The molecule has 0 radical (unpaired) electrons. The average Bonchev–Trinajstić information content (AvgIpc) is 2.47. The maximum Gasteiger partial charge on any atom is 0.245 e. The highest BCUT2D eigenvalue weighted by Crippen LogP contribution is 2.25. The van der Waals surface area contributed by atoms with Crippen molar-refractivity contribution in [3.8, 4) is 5.75 Å². The third-order valence-electron chi connectivity index (χ3n) is 3.08. The molecule has 1 aromatic rings. The van der Waals surface area contributed by atoms with Crippen LogP contribution in [-0.2, 0) is 9.53 Å². The number of nitrogens with zero attached hydrogens (tertiary/aromatic N) is 1. The number of carbonyl (C=O) groups is 1. The number of rotatable bonds is 4. The fourth-order valence-electron chi connectivity index (χ4n) is 2.07. The minimum absolute atomic E-state index is 0.0625. The minimum atomic E-state index is -0.652. The molecule has 2 rings (SSSR count). The summed E-state index contributed by atoms with van der Waals surface area (Å²) in [6, 6.07) is 7.37. The van der Waals surface area contributed by atoms with E-state index in [1.54, 1.807) is 4.90 Å². The Labute approximate surface area is 124 Å². The molecule has 110 valence electrons. The van der Waals surface area contributed by atoms with Gasteiger partial charge in [0.15, 0.2) is 0 Å². The van der Waals surface area contributed by atoms with Gasteiger partial charge in [-0.25, -0.2) is 0 Å². The second-order valence-corrected chi connectivity index (χ2v) is 5.47. The summed E-state index contributed by atoms with van der Waals surface area (Å²) in [6.45, 7) is 6.32. The van der Waals surface area contributed by atoms with E-state index in [0.717, 1.165) is 11.3 Å². The summed E-state index contributed by atoms with van der Waals surface area (Å²) in [5.41, 5.74) is 0.791. The van der Waals surface area contributed by atoms with Crippen molar-refractivity contribution in [1.82, 2.24) is 4.90 Å². The highest BCUT2D eigenvalue weighted by Gasteiger charge is 2.25. The lowest BCUT2D eigenvalue weighted by molar-refractivity contribution is -0.134. The molecule has 1 heterocycles. The lowest BCUT2D eigenvalue weighted by Crippen LogP contribution is -2.42. The third-order valence-corrected chi connectivity index (χ3v) is 3.52. The van der Waals surface area contributed by atoms with Gasteiger partial charge in [-0.15, -0.1) is 11.6 Å². The number of hydrogen-bond donors (Lipinski definition) is 0. The molecular weight excluding hydrogens is 278 g/mol. The predicted molar refractivity (Wildman–Crippen MR) is 78.2 cm³/mol. The lowest BCUT2D eigenvalue weighted by Gasteiger charge is -2.28. The predicted octanol–water partition coefficient (Wildman–Crippen LogP) is 2.61. The van der Waals surface area contributed by atoms with Gasteiger partial charge in [0.1, 0.15) is 11.1 Å². The minimum Gasteiger partial charge on any atom is -0.491 e. The van der Waals surface area contributed by atoms with Gasteiger partial charge in [-0.05, 0) is 31.5 Å². The number of benzene rings is 1. The van der Waals surface area contributed by atoms with Gasteiger partial charge in [0.05, 0.1) is 19.3 Å². The molecular formula is C15H20ClNO3. The summed E-state index contributed by atoms with van der Waals surface area (Å²) in [4.78, 5) is 14.0. The zero-order valence-corrected chi connectivity index (χ0v) is 12.6. The van der Waals surface area contributed by atoms with Crippen LogP contribution in [0.1, 0.15) is 24.8 Å². The van der Waals surface area contributed by atoms with E-state index in [1.807, 2.05) is 38.1 Å². The number of alkyl halides is 1. The van der Waals surface area contributed by atoms with Crippen LogP contribution < -0.4 is 4.74 Å². The van der Waals surface area contributed by atoms with Crippen LogP contribution in [0.4, 0.5) is 0 Å². The number of hydrogen-bond acceptors (Lipinski definition) is 3. The van der Waals surface area contributed by atoms with E-state index in [2.05, 4.69) is 0 Å². The van der Waals surface area contributed by atoms with E-state index in [4.69, 9.17) is 21.1 Å². The summed E-state index contributed by atoms with van der Waals surface area (Å²) < 4.78 is 10.8. The van der Waals surface area contributed by atoms with Crippen molar-refractivity contribution in [2.24, 2.45) is 0 Å². The van der Waals surface area contributed by atoms with Crippen molar-refractivity contribution in [2.45, 2.75) is 25.3 Å². The van der Waals surface area contributed by atoms with Crippen molar-refractivity contribution >= 4 is 17.5 Å². The number of carbonyl (C=O) groups excluding carboxylic acids is 1. The fourth-order valence-corrected chi connectivity index (χ4v) is 2.36. The van der Waals surface area contributed by atoms with Crippen LogP contribution in [0.3, 0.4) is 0 Å². The van der Waals surface area contributed by atoms with Crippen LogP contribution in [0.15, 0.2) is 24.3 Å². The molecule has 0 bridgehead atoms. The normalized spacial score (nSPS) is 17.1. The van der Waals surface area contributed by atoms with Gasteiger partial charge in [-0.2, -0.15) is 0 Å². The first-order valence-corrected chi connectivity index (χ1v) is 7.29. The second-order valence-electron chi connectivity index (χ2n) is 5.04. The molecule has 1 fully saturated rings. The highest BCUT2D eigenvalue weighted by atomic mass is 35.5. The Kier molecular flexibility index (Phi) is 5.26. The van der Waals surface area contributed by atoms with Gasteiger partial charge in [-0.1, -0.05) is 12.1 Å². The number of amides is 1. The van der Waals surface area contributed by atoms with Gasteiger partial charge < -0.3 is 14.4 Å². The van der Waals surface area contributed by atoms with E-state index in [1.165, 1.54) is 0 Å². The van der Waals surface area contributed by atoms with Gasteiger partial charge in [0.2, 0.25) is 5.91 Å². The molecule has 5 heteroatoms. The van der Waals surface area contributed by atoms with E-state index in [9.17, 15) is 4.79 Å². The number of halogens is 1. The van der Waals surface area contributed by atoms with Crippen LogP contribution in [0.5, 0.6) is 5.75 Å². The van der Waals surface area contributed by atoms with Crippen molar-refractivity contribution in [2.75, 3.05) is 26.3 Å². The number of ether oxygens (including phenoxy) is 2. The van der Waals surface area contributed by atoms with Crippen LogP contribution in [0, 0.1) is 0 Å². The third kappa shape index (κ3) is 3.87. The summed E-state index contributed by atoms with van der Waals surface area (Å²) in [5.74, 6) is 0.721. The van der Waals surface area contributed by atoms with Crippen LogP contribution >= 0.6 is 11.6 Å². The van der Waals surface area contributed by atoms with E-state index in [-0.39, 0.29) is 12.0 Å². The smallest absolute Gasteiger partial charge is 0.245 e. The topological polar surface area (TPSA) is 38.8 Å². The van der Waals surface area contributed by atoms with Gasteiger partial charge >= 0.3 is 0 Å². The first-order chi connectivity index (χ1) is 9.58. The molecule has 0 N–H and O–H groups in total. The highest BCUT2D eigenvalue weighted by molar-refractivity contribution is 6.30. The van der Waals surface area contributed by atoms with Gasteiger partial charge in [0.25, 0.3) is 0 Å². The molecule has 1 aliphatic heterocycles. The van der Waals surface area contributed by atoms with E-state index >= 15 is 0 Å². The van der Waals surface area contributed by atoms with Gasteiger partial charge in [-0.3, -0.25) is 4.79 Å². The monoisotopic (exact) mass is 297 g/mol. The van der Waals surface area contributed by atoms with Crippen molar-refractivity contribution < 1.29 is 14.3 Å². The number of morpholine rings is 1. The van der Waals surface area contributed by atoms with Crippen LogP contribution in [0.2, 0.25) is 0 Å². The van der Waals surface area contributed by atoms with Crippen LogP contribution in [0.25, 0.3) is 0 Å². The Balaban J connectivity index is 2.00. The molecule has 1 aliphatic rings. The molecule has 20 heavy (non-hydrogen) atoms. The molecule has 4 nitrogen and oxygen atoms in total. The second kappa shape index (κ2) is 6.95. The summed E-state index contributed by atoms with van der Waals surface area (Å²) >= 11 is 6.28. The van der Waals surface area contributed by atoms with Gasteiger partial charge in [0, 0.05) is 13.1 Å². The summed E-state index contributed by atoms with van der Waals surface area (Å²) in [5, 5.41) is -0.652. The Hall–Kier alpha value is -1.26. The first kappa shape index (κ1) is 15.1. The molecule has 1 atom stereocenters. The molecule has 0 aliphatic carbocycles. The Morgan fingerprint density at radius 3 is 2.40 bits per heavy atom. The van der Waals surface area contributed by atoms with Crippen molar-refractivity contribution in [3.63, 3.8) is 0 Å². The largest absolute Gasteiger partial charge is 0.491 e. The Morgan fingerprint density at radius 2 is 1.85 bits per heavy atom. The SMILES string of the molecule is CC(C)Oc1ccc(C(Cl)C(=O)N2CCOCC2)cc1. The Bertz CT molecular complexity index is 441. The summed E-state index contributed by atoms with van der Waals surface area (Å²) in [6.07, 6.45) is 0.127. The first-order valence-electron chi connectivity index (χ1n) is 6.85. The van der Waals surface area contributed by atoms with Crippen molar-refractivity contribution in [1.29, 1.82) is 0 Å². The van der Waals surface area contributed by atoms with Crippen LogP contribution in [-0.4, -0.2) is 43.2 Å². The maximum atomic E-state index is 12.3. The molecule has 0 aromatic heterocycles. The maximum absolute atomic E-state index is 12.3. The zero-order chi connectivity index (χ0) is 14.5. The molecule has 1 saturated heterocycles. The Morgan fingerprint density at radius 1 is 1.25 bits per heavy atom. The van der Waals surface area contributed by atoms with E-state index in [0.29, 0.717) is 26.3 Å². The standard InChI is InChI=1S/C15H20ClNO3/c1-11(2)20-13-5-3-12(4-6-13)14(16)15(18)17-7-9-19-10-8-17/h3-6,11,14H,7-10H2,1-2H3. The summed E-state index contributed by atoms with van der Waals surface area (Å²) in [7, 11) is 0. The quantitative estimate of drug-likeness (QED) is 0.802.